The highest BCUT2D eigenvalue weighted by molar-refractivity contribution is 5.95. The van der Waals surface area contributed by atoms with Gasteiger partial charge in [0.15, 0.2) is 0 Å². The minimum Gasteiger partial charge on any atom is -0.348 e. The Labute approximate surface area is 170 Å². The van der Waals surface area contributed by atoms with E-state index in [-0.39, 0.29) is 24.4 Å². The zero-order valence-corrected chi connectivity index (χ0v) is 16.7. The molecule has 1 heterocycles. The van der Waals surface area contributed by atoms with Crippen molar-refractivity contribution in [1.82, 2.24) is 15.2 Å². The summed E-state index contributed by atoms with van der Waals surface area (Å²) in [6.07, 6.45) is 9.51. The smallest absolute Gasteiger partial charge is 0.254 e. The van der Waals surface area contributed by atoms with Crippen LogP contribution in [-0.4, -0.2) is 33.8 Å². The van der Waals surface area contributed by atoms with Crippen molar-refractivity contribution in [2.75, 3.05) is 0 Å². The summed E-state index contributed by atoms with van der Waals surface area (Å²) in [4.78, 5) is 31.5. The van der Waals surface area contributed by atoms with E-state index in [1.54, 1.807) is 31.3 Å². The molecule has 2 aliphatic carbocycles. The van der Waals surface area contributed by atoms with Crippen molar-refractivity contribution in [1.29, 1.82) is 0 Å². The first-order valence-corrected chi connectivity index (χ1v) is 10.3. The van der Waals surface area contributed by atoms with E-state index in [1.807, 2.05) is 4.90 Å². The van der Waals surface area contributed by atoms with E-state index in [1.165, 1.54) is 12.3 Å². The first-order valence-electron chi connectivity index (χ1n) is 10.3. The number of pyridine rings is 1. The van der Waals surface area contributed by atoms with Crippen molar-refractivity contribution in [2.24, 2.45) is 0 Å². The number of carbonyl (C=O) groups is 2. The molecule has 0 aliphatic heterocycles. The highest BCUT2D eigenvalue weighted by atomic mass is 19.1. The van der Waals surface area contributed by atoms with E-state index >= 15 is 0 Å². The van der Waals surface area contributed by atoms with Crippen LogP contribution in [0.5, 0.6) is 0 Å². The van der Waals surface area contributed by atoms with E-state index in [2.05, 4.69) is 10.3 Å². The van der Waals surface area contributed by atoms with Gasteiger partial charge in [-0.1, -0.05) is 12.8 Å². The normalized spacial score (nSPS) is 16.6. The lowest BCUT2D eigenvalue weighted by atomic mass is 10.0. The van der Waals surface area contributed by atoms with Crippen LogP contribution in [0.2, 0.25) is 0 Å². The van der Waals surface area contributed by atoms with Crippen LogP contribution >= 0.6 is 0 Å². The first-order chi connectivity index (χ1) is 14.0. The first kappa shape index (κ1) is 19.6. The molecule has 0 radical (unpaired) electrons. The fourth-order valence-electron chi connectivity index (χ4n) is 4.13. The second kappa shape index (κ2) is 8.31. The van der Waals surface area contributed by atoms with Gasteiger partial charge in [-0.2, -0.15) is 0 Å². The van der Waals surface area contributed by atoms with Gasteiger partial charge in [-0.15, -0.1) is 0 Å². The third-order valence-electron chi connectivity index (χ3n) is 5.95. The van der Waals surface area contributed by atoms with Gasteiger partial charge in [-0.3, -0.25) is 14.6 Å². The van der Waals surface area contributed by atoms with Crippen LogP contribution < -0.4 is 5.32 Å². The van der Waals surface area contributed by atoms with Gasteiger partial charge in [-0.25, -0.2) is 4.39 Å². The lowest BCUT2D eigenvalue weighted by molar-refractivity contribution is 0.0663. The van der Waals surface area contributed by atoms with Gasteiger partial charge < -0.3 is 10.2 Å². The van der Waals surface area contributed by atoms with Gasteiger partial charge in [0.1, 0.15) is 5.82 Å². The highest BCUT2D eigenvalue weighted by Gasteiger charge is 2.38. The van der Waals surface area contributed by atoms with E-state index in [4.69, 9.17) is 0 Å². The minimum absolute atomic E-state index is 0.0851. The zero-order chi connectivity index (χ0) is 20.4. The monoisotopic (exact) mass is 395 g/mol. The number of aromatic nitrogens is 1. The Hall–Kier alpha value is -2.76. The molecule has 0 spiro atoms. The van der Waals surface area contributed by atoms with Crippen LogP contribution in [-0.2, 0) is 6.54 Å². The Kier molecular flexibility index (Phi) is 5.60. The number of nitrogens with zero attached hydrogens (tertiary/aromatic N) is 2. The average molecular weight is 395 g/mol. The molecule has 2 aliphatic rings. The maximum Gasteiger partial charge on any atom is 0.254 e. The summed E-state index contributed by atoms with van der Waals surface area (Å²) in [5.41, 5.74) is 1.89. The van der Waals surface area contributed by atoms with Gasteiger partial charge in [-0.05, 0) is 68.0 Å². The highest BCUT2D eigenvalue weighted by Crippen LogP contribution is 2.36. The van der Waals surface area contributed by atoms with E-state index in [0.29, 0.717) is 28.3 Å². The SMILES string of the molecule is Cc1c(F)cc(C(=O)N(C2CCCC2)C2CC2)cc1CNC(=O)c1cccnc1. The molecule has 0 unspecified atom stereocenters. The Balaban J connectivity index is 1.53. The number of hydrogen-bond donors (Lipinski definition) is 1. The van der Waals surface area contributed by atoms with Crippen LogP contribution in [0, 0.1) is 12.7 Å². The lowest BCUT2D eigenvalue weighted by Crippen LogP contribution is -2.40. The predicted octanol–water partition coefficient (Wildman–Crippen LogP) is 4.01. The number of amides is 2. The number of nitrogens with one attached hydrogen (secondary N) is 1. The van der Waals surface area contributed by atoms with Crippen molar-refractivity contribution in [3.8, 4) is 0 Å². The molecule has 1 aromatic heterocycles. The summed E-state index contributed by atoms with van der Waals surface area (Å²) in [5.74, 6) is -0.776. The quantitative estimate of drug-likeness (QED) is 0.804. The second-order valence-corrected chi connectivity index (χ2v) is 8.05. The molecular weight excluding hydrogens is 369 g/mol. The van der Waals surface area contributed by atoms with Gasteiger partial charge in [0.05, 0.1) is 5.56 Å². The lowest BCUT2D eigenvalue weighted by Gasteiger charge is -2.29. The Morgan fingerprint density at radius 3 is 2.52 bits per heavy atom. The molecule has 0 atom stereocenters. The molecule has 2 fully saturated rings. The topological polar surface area (TPSA) is 62.3 Å². The van der Waals surface area contributed by atoms with Gasteiger partial charge >= 0.3 is 0 Å². The predicted molar refractivity (Wildman–Crippen MR) is 108 cm³/mol. The summed E-state index contributed by atoms with van der Waals surface area (Å²) in [6, 6.07) is 7.00. The number of hydrogen-bond acceptors (Lipinski definition) is 3. The average Bonchev–Trinajstić information content (AvgIpc) is 3.42. The molecule has 2 aromatic rings. The molecule has 0 bridgehead atoms. The van der Waals surface area contributed by atoms with Crippen molar-refractivity contribution < 1.29 is 14.0 Å². The maximum atomic E-state index is 14.6. The molecule has 4 rings (SSSR count). The molecule has 1 aromatic carbocycles. The van der Waals surface area contributed by atoms with Crippen molar-refractivity contribution in [3.63, 3.8) is 0 Å². The van der Waals surface area contributed by atoms with Crippen LogP contribution in [0.1, 0.15) is 70.4 Å². The summed E-state index contributed by atoms with van der Waals surface area (Å²) in [6.45, 7) is 1.83. The fraction of sp³-hybridized carbons (Fsp3) is 0.435. The van der Waals surface area contributed by atoms with Gasteiger partial charge in [0.25, 0.3) is 11.8 Å². The minimum atomic E-state index is -0.413. The zero-order valence-electron chi connectivity index (χ0n) is 16.7. The summed E-state index contributed by atoms with van der Waals surface area (Å²) < 4.78 is 14.6. The molecule has 6 heteroatoms. The molecule has 5 nitrogen and oxygen atoms in total. The maximum absolute atomic E-state index is 14.6. The molecule has 2 amide bonds. The molecule has 1 N–H and O–H groups in total. The third kappa shape index (κ3) is 4.31. The molecule has 29 heavy (non-hydrogen) atoms. The molecule has 152 valence electrons. The molecule has 2 saturated carbocycles. The standard InChI is InChI=1S/C23H26FN3O2/c1-15-18(14-26-22(28)16-5-4-10-25-13-16)11-17(12-21(15)24)23(29)27(20-8-9-20)19-6-2-3-7-19/h4-5,10-13,19-20H,2-3,6-9,14H2,1H3,(H,26,28). The summed E-state index contributed by atoms with van der Waals surface area (Å²) >= 11 is 0. The van der Waals surface area contributed by atoms with Crippen molar-refractivity contribution >= 4 is 11.8 Å². The Morgan fingerprint density at radius 1 is 1.14 bits per heavy atom. The fourth-order valence-corrected chi connectivity index (χ4v) is 4.13. The Morgan fingerprint density at radius 2 is 1.86 bits per heavy atom. The van der Waals surface area contributed by atoms with Gasteiger partial charge in [0.2, 0.25) is 0 Å². The number of carbonyl (C=O) groups excluding carboxylic acids is 2. The van der Waals surface area contributed by atoms with E-state index < -0.39 is 5.82 Å². The number of rotatable bonds is 6. The number of benzene rings is 1. The van der Waals surface area contributed by atoms with E-state index in [0.717, 1.165) is 38.5 Å². The number of halogens is 1. The largest absolute Gasteiger partial charge is 0.348 e. The van der Waals surface area contributed by atoms with Crippen molar-refractivity contribution in [3.05, 3.63) is 64.7 Å². The van der Waals surface area contributed by atoms with E-state index in [9.17, 15) is 14.0 Å². The molecular formula is C23H26FN3O2. The summed E-state index contributed by atoms with van der Waals surface area (Å²) in [7, 11) is 0. The Bertz CT molecular complexity index is 906. The van der Waals surface area contributed by atoms with Crippen LogP contribution in [0.15, 0.2) is 36.7 Å². The summed E-state index contributed by atoms with van der Waals surface area (Å²) in [5, 5.41) is 2.80. The second-order valence-electron chi connectivity index (χ2n) is 8.05. The third-order valence-corrected chi connectivity index (χ3v) is 5.95. The van der Waals surface area contributed by atoms with Crippen LogP contribution in [0.3, 0.4) is 0 Å². The van der Waals surface area contributed by atoms with Crippen LogP contribution in [0.4, 0.5) is 4.39 Å². The molecule has 0 saturated heterocycles. The van der Waals surface area contributed by atoms with Gasteiger partial charge in [0, 0.05) is 36.6 Å². The van der Waals surface area contributed by atoms with Crippen LogP contribution in [0.25, 0.3) is 0 Å². The van der Waals surface area contributed by atoms with Crippen molar-refractivity contribution in [2.45, 2.75) is 64.1 Å².